The molecule has 0 unspecified atom stereocenters. The fraction of sp³-hybridized carbons (Fsp3) is 0.0455. The highest BCUT2D eigenvalue weighted by Gasteiger charge is 2.10. The van der Waals surface area contributed by atoms with Gasteiger partial charge < -0.3 is 10.6 Å². The maximum absolute atomic E-state index is 6.11. The predicted molar refractivity (Wildman–Crippen MR) is 112 cm³/mol. The third-order valence-electron chi connectivity index (χ3n) is 4.09. The highest BCUT2D eigenvalue weighted by Crippen LogP contribution is 2.28. The van der Waals surface area contributed by atoms with Gasteiger partial charge in [-0.05, 0) is 35.9 Å². The summed E-state index contributed by atoms with van der Waals surface area (Å²) < 4.78 is 1.92. The zero-order valence-electron chi connectivity index (χ0n) is 14.6. The van der Waals surface area contributed by atoms with E-state index < -0.39 is 0 Å². The predicted octanol–water partition coefficient (Wildman–Crippen LogP) is 6.07. The van der Waals surface area contributed by atoms with Crippen LogP contribution in [-0.4, -0.2) is 9.78 Å². The average molecular weight is 375 g/mol. The molecule has 0 amide bonds. The van der Waals surface area contributed by atoms with Crippen molar-refractivity contribution in [3.05, 3.63) is 102 Å². The van der Waals surface area contributed by atoms with Crippen LogP contribution in [0.3, 0.4) is 0 Å². The van der Waals surface area contributed by atoms with E-state index in [0.29, 0.717) is 11.6 Å². The van der Waals surface area contributed by atoms with E-state index in [4.69, 9.17) is 16.7 Å². The van der Waals surface area contributed by atoms with Crippen LogP contribution in [0.4, 0.5) is 22.9 Å². The van der Waals surface area contributed by atoms with E-state index in [1.165, 1.54) is 5.56 Å². The van der Waals surface area contributed by atoms with Crippen molar-refractivity contribution < 1.29 is 0 Å². The van der Waals surface area contributed by atoms with Crippen LogP contribution in [0, 0.1) is 0 Å². The molecule has 3 aromatic carbocycles. The molecule has 4 nitrogen and oxygen atoms in total. The summed E-state index contributed by atoms with van der Waals surface area (Å²) in [6, 6.07) is 27.9. The lowest BCUT2D eigenvalue weighted by Crippen LogP contribution is -2.01. The first kappa shape index (κ1) is 17.2. The van der Waals surface area contributed by atoms with Gasteiger partial charge in [-0.15, -0.1) is 0 Å². The van der Waals surface area contributed by atoms with Gasteiger partial charge >= 0.3 is 0 Å². The van der Waals surface area contributed by atoms with E-state index in [1.54, 1.807) is 0 Å². The quantitative estimate of drug-likeness (QED) is 0.430. The van der Waals surface area contributed by atoms with E-state index in [0.717, 1.165) is 22.9 Å². The van der Waals surface area contributed by atoms with Crippen LogP contribution in [0.5, 0.6) is 0 Å². The minimum atomic E-state index is 0.682. The molecule has 2 N–H and O–H groups in total. The zero-order valence-corrected chi connectivity index (χ0v) is 15.4. The van der Waals surface area contributed by atoms with Crippen LogP contribution in [0.25, 0.3) is 0 Å². The molecule has 0 fully saturated rings. The summed E-state index contributed by atoms with van der Waals surface area (Å²) in [5.41, 5.74) is 3.99. The maximum atomic E-state index is 6.11. The van der Waals surface area contributed by atoms with Gasteiger partial charge in [0.15, 0.2) is 5.82 Å². The molecular weight excluding hydrogens is 356 g/mol. The number of nitrogens with zero attached hydrogens (tertiary/aromatic N) is 2. The Hall–Kier alpha value is -3.24. The molecule has 5 heteroatoms. The zero-order chi connectivity index (χ0) is 18.5. The smallest absolute Gasteiger partial charge is 0.176 e. The summed E-state index contributed by atoms with van der Waals surface area (Å²) in [6.45, 7) is 0.696. The SMILES string of the molecule is Clc1cccc(Nc2nn(Cc3ccccc3)cc2Nc2ccccc2)c1. The van der Waals surface area contributed by atoms with Crippen molar-refractivity contribution in [3.8, 4) is 0 Å². The molecule has 1 aromatic heterocycles. The van der Waals surface area contributed by atoms with Gasteiger partial charge in [-0.1, -0.05) is 66.2 Å². The van der Waals surface area contributed by atoms with E-state index in [9.17, 15) is 0 Å². The standard InChI is InChI=1S/C22H19ClN4/c23-18-10-7-13-20(14-18)25-22-21(24-19-11-5-2-6-12-19)16-27(26-22)15-17-8-3-1-4-9-17/h1-14,16,24H,15H2,(H,25,26). The molecule has 0 spiro atoms. The number of hydrogen-bond donors (Lipinski definition) is 2. The fourth-order valence-electron chi connectivity index (χ4n) is 2.84. The van der Waals surface area contributed by atoms with Gasteiger partial charge in [0, 0.05) is 16.4 Å². The van der Waals surface area contributed by atoms with E-state index in [-0.39, 0.29) is 0 Å². The van der Waals surface area contributed by atoms with Crippen LogP contribution < -0.4 is 10.6 Å². The molecule has 1 heterocycles. The highest BCUT2D eigenvalue weighted by molar-refractivity contribution is 6.30. The van der Waals surface area contributed by atoms with Crippen LogP contribution >= 0.6 is 11.6 Å². The lowest BCUT2D eigenvalue weighted by molar-refractivity contribution is 0.690. The lowest BCUT2D eigenvalue weighted by Gasteiger charge is -2.08. The number of rotatable bonds is 6. The van der Waals surface area contributed by atoms with E-state index in [1.807, 2.05) is 83.7 Å². The van der Waals surface area contributed by atoms with Crippen molar-refractivity contribution in [2.24, 2.45) is 0 Å². The number of para-hydroxylation sites is 1. The first-order valence-corrected chi connectivity index (χ1v) is 9.10. The van der Waals surface area contributed by atoms with Crippen LogP contribution in [0.15, 0.2) is 91.1 Å². The normalized spacial score (nSPS) is 10.6. The molecular formula is C22H19ClN4. The molecule has 4 rings (SSSR count). The summed E-state index contributed by atoms with van der Waals surface area (Å²) in [5.74, 6) is 0.747. The Bertz CT molecular complexity index is 1010. The van der Waals surface area contributed by atoms with Crippen molar-refractivity contribution in [1.82, 2.24) is 9.78 Å². The molecule has 4 aromatic rings. The molecule has 0 atom stereocenters. The van der Waals surface area contributed by atoms with Crippen molar-refractivity contribution in [2.45, 2.75) is 6.54 Å². The van der Waals surface area contributed by atoms with Gasteiger partial charge in [0.05, 0.1) is 12.7 Å². The maximum Gasteiger partial charge on any atom is 0.176 e. The summed E-state index contributed by atoms with van der Waals surface area (Å²) >= 11 is 6.11. The Balaban J connectivity index is 1.64. The molecule has 0 aliphatic rings. The average Bonchev–Trinajstić information content (AvgIpc) is 3.04. The van der Waals surface area contributed by atoms with Crippen molar-refractivity contribution >= 4 is 34.5 Å². The van der Waals surface area contributed by atoms with Crippen molar-refractivity contribution in [1.29, 1.82) is 0 Å². The Morgan fingerprint density at radius 1 is 0.778 bits per heavy atom. The van der Waals surface area contributed by atoms with Gasteiger partial charge in [0.1, 0.15) is 5.69 Å². The van der Waals surface area contributed by atoms with Crippen LogP contribution in [0.2, 0.25) is 5.02 Å². The molecule has 27 heavy (non-hydrogen) atoms. The van der Waals surface area contributed by atoms with Gasteiger partial charge in [-0.25, -0.2) is 0 Å². The summed E-state index contributed by atoms with van der Waals surface area (Å²) in [6.07, 6.45) is 2.01. The number of benzene rings is 3. The first-order valence-electron chi connectivity index (χ1n) is 8.72. The summed E-state index contributed by atoms with van der Waals surface area (Å²) in [7, 11) is 0. The second kappa shape index (κ2) is 7.98. The second-order valence-electron chi connectivity index (χ2n) is 6.20. The third kappa shape index (κ3) is 4.49. The Labute approximate surface area is 163 Å². The van der Waals surface area contributed by atoms with E-state index >= 15 is 0 Å². The molecule has 0 saturated carbocycles. The van der Waals surface area contributed by atoms with Crippen molar-refractivity contribution in [2.75, 3.05) is 10.6 Å². The van der Waals surface area contributed by atoms with E-state index in [2.05, 4.69) is 22.8 Å². The van der Waals surface area contributed by atoms with Crippen molar-refractivity contribution in [3.63, 3.8) is 0 Å². The number of hydrogen-bond acceptors (Lipinski definition) is 3. The van der Waals surface area contributed by atoms with Gasteiger partial charge in [-0.3, -0.25) is 4.68 Å². The highest BCUT2D eigenvalue weighted by atomic mass is 35.5. The Morgan fingerprint density at radius 2 is 1.48 bits per heavy atom. The molecule has 0 aliphatic heterocycles. The monoisotopic (exact) mass is 374 g/mol. The molecule has 134 valence electrons. The van der Waals surface area contributed by atoms with Gasteiger partial charge in [0.25, 0.3) is 0 Å². The minimum absolute atomic E-state index is 0.682. The minimum Gasteiger partial charge on any atom is -0.351 e. The van der Waals surface area contributed by atoms with Crippen LogP contribution in [-0.2, 0) is 6.54 Å². The Morgan fingerprint density at radius 3 is 2.22 bits per heavy atom. The Kier molecular flexibility index (Phi) is 5.08. The number of nitrogens with one attached hydrogen (secondary N) is 2. The molecule has 0 saturated heterocycles. The van der Waals surface area contributed by atoms with Crippen LogP contribution in [0.1, 0.15) is 5.56 Å². The van der Waals surface area contributed by atoms with Gasteiger partial charge in [0.2, 0.25) is 0 Å². The second-order valence-corrected chi connectivity index (χ2v) is 6.64. The fourth-order valence-corrected chi connectivity index (χ4v) is 3.03. The summed E-state index contributed by atoms with van der Waals surface area (Å²) in [5, 5.41) is 12.2. The number of anilines is 4. The molecule has 0 radical (unpaired) electrons. The number of halogens is 1. The number of aromatic nitrogens is 2. The summed E-state index contributed by atoms with van der Waals surface area (Å²) in [4.78, 5) is 0. The lowest BCUT2D eigenvalue weighted by atomic mass is 10.2. The van der Waals surface area contributed by atoms with Gasteiger partial charge in [-0.2, -0.15) is 5.10 Å². The molecule has 0 bridgehead atoms. The molecule has 0 aliphatic carbocycles. The largest absolute Gasteiger partial charge is 0.351 e. The first-order chi connectivity index (χ1) is 13.3. The third-order valence-corrected chi connectivity index (χ3v) is 4.32. The topological polar surface area (TPSA) is 41.9 Å².